The van der Waals surface area contributed by atoms with E-state index in [-0.39, 0.29) is 26.9 Å². The van der Waals surface area contributed by atoms with Gasteiger partial charge in [-0.1, -0.05) is 18.9 Å². The molecule has 1 aliphatic rings. The van der Waals surface area contributed by atoms with Gasteiger partial charge >= 0.3 is 6.36 Å². The van der Waals surface area contributed by atoms with Gasteiger partial charge in [0.2, 0.25) is 15.9 Å². The number of halogens is 3. The minimum atomic E-state index is -4.94. The third kappa shape index (κ3) is 7.24. The average Bonchev–Trinajstić information content (AvgIpc) is 3.00. The summed E-state index contributed by atoms with van der Waals surface area (Å²) in [7, 11) is -5.79. The van der Waals surface area contributed by atoms with Gasteiger partial charge in [-0.25, -0.2) is 23.6 Å². The zero-order chi connectivity index (χ0) is 26.0. The molecule has 1 aromatic heterocycles. The Hall–Kier alpha value is -2.51. The molecule has 1 aromatic carbocycles. The second kappa shape index (κ2) is 10.2. The number of hydrogen-bond acceptors (Lipinski definition) is 6. The number of nitrogens with two attached hydrogens (primary N) is 1. The Labute approximate surface area is 204 Å². The Morgan fingerprint density at radius 2 is 1.71 bits per heavy atom. The van der Waals surface area contributed by atoms with Crippen molar-refractivity contribution in [3.8, 4) is 5.88 Å². The number of rotatable bonds is 6. The first-order valence-electron chi connectivity index (χ1n) is 10.8. The smallest absolute Gasteiger partial charge is 0.387 e. The number of carbonyl (C=O) groups excluding carboxylic acids is 1. The number of benzene rings is 1. The molecule has 1 amide bonds. The van der Waals surface area contributed by atoms with E-state index in [1.807, 2.05) is 0 Å². The van der Waals surface area contributed by atoms with Gasteiger partial charge < -0.3 is 15.0 Å². The quantitative estimate of drug-likeness (QED) is 0.571. The van der Waals surface area contributed by atoms with E-state index in [1.54, 1.807) is 23.7 Å². The van der Waals surface area contributed by atoms with Crippen molar-refractivity contribution in [1.29, 1.82) is 0 Å². The third-order valence-electron chi connectivity index (χ3n) is 5.38. The summed E-state index contributed by atoms with van der Waals surface area (Å²) >= 11 is 0. The molecule has 0 aliphatic carbocycles. The Kier molecular flexibility index (Phi) is 7.92. The molecular weight excluding hydrogens is 505 g/mol. The van der Waals surface area contributed by atoms with Gasteiger partial charge in [0.15, 0.2) is 0 Å². The van der Waals surface area contributed by atoms with Crippen LogP contribution in [0.1, 0.15) is 36.0 Å². The third-order valence-corrected chi connectivity index (χ3v) is 7.90. The van der Waals surface area contributed by atoms with E-state index in [1.165, 1.54) is 30.3 Å². The molecule has 0 atom stereocenters. The highest BCUT2D eigenvalue weighted by atomic mass is 32.3. The number of amides is 1. The summed E-state index contributed by atoms with van der Waals surface area (Å²) < 4.78 is 67.3. The molecule has 1 fully saturated rings. The minimum Gasteiger partial charge on any atom is -0.387 e. The lowest BCUT2D eigenvalue weighted by Crippen LogP contribution is -2.29. The van der Waals surface area contributed by atoms with Crippen molar-refractivity contribution in [3.05, 3.63) is 35.9 Å². The summed E-state index contributed by atoms with van der Waals surface area (Å²) in [5.74, 6) is -1.10. The van der Waals surface area contributed by atoms with Crippen LogP contribution in [0.5, 0.6) is 5.88 Å². The van der Waals surface area contributed by atoms with E-state index in [9.17, 15) is 26.4 Å². The van der Waals surface area contributed by atoms with Crippen LogP contribution in [0.4, 0.5) is 24.7 Å². The van der Waals surface area contributed by atoms with Crippen molar-refractivity contribution in [1.82, 2.24) is 4.98 Å². The Morgan fingerprint density at radius 1 is 1.09 bits per heavy atom. The summed E-state index contributed by atoms with van der Waals surface area (Å²) in [6, 6.07) is 6.82. The summed E-state index contributed by atoms with van der Waals surface area (Å²) in [4.78, 5) is 19.4. The standard InChI is InChI=1S/C22H29F3N4O4S2/c1-34(2,3)18-14-17(20(30)27-15-9-8-10-16(13-15)35(26,31)32)19(28-21(18)33-22(23,24)25)29-11-6-4-5-7-12-29/h8-10,13-14H,4-7,11-12H2,1-3H3,(H,27,30)(H2,26,31,32). The molecule has 35 heavy (non-hydrogen) atoms. The van der Waals surface area contributed by atoms with Gasteiger partial charge in [0, 0.05) is 18.8 Å². The largest absolute Gasteiger partial charge is 0.574 e. The number of alkyl halides is 3. The highest BCUT2D eigenvalue weighted by Gasteiger charge is 2.36. The van der Waals surface area contributed by atoms with Gasteiger partial charge in [-0.2, -0.15) is 4.98 Å². The van der Waals surface area contributed by atoms with E-state index in [0.717, 1.165) is 25.7 Å². The molecule has 0 saturated carbocycles. The summed E-state index contributed by atoms with van der Waals surface area (Å²) in [5.41, 5.74) is 0.253. The maximum atomic E-state index is 13.4. The predicted octanol–water partition coefficient (Wildman–Crippen LogP) is 4.31. The van der Waals surface area contributed by atoms with Crippen molar-refractivity contribution in [3.63, 3.8) is 0 Å². The molecule has 1 saturated heterocycles. The number of sulfonamides is 1. The fourth-order valence-electron chi connectivity index (χ4n) is 3.73. The van der Waals surface area contributed by atoms with E-state index >= 15 is 0 Å². The van der Waals surface area contributed by atoms with E-state index in [0.29, 0.717) is 13.1 Å². The van der Waals surface area contributed by atoms with Crippen LogP contribution in [-0.2, 0) is 10.0 Å². The Morgan fingerprint density at radius 3 is 2.26 bits per heavy atom. The number of nitrogens with one attached hydrogen (secondary N) is 1. The van der Waals surface area contributed by atoms with E-state index < -0.39 is 38.2 Å². The molecule has 2 aromatic rings. The number of anilines is 2. The maximum Gasteiger partial charge on any atom is 0.574 e. The highest BCUT2D eigenvalue weighted by Crippen LogP contribution is 2.51. The molecule has 8 nitrogen and oxygen atoms in total. The Balaban J connectivity index is 2.12. The van der Waals surface area contributed by atoms with Crippen molar-refractivity contribution in [2.24, 2.45) is 5.14 Å². The molecule has 194 valence electrons. The lowest BCUT2D eigenvalue weighted by molar-refractivity contribution is -0.277. The second-order valence-corrected chi connectivity index (χ2v) is 14.7. The Bertz CT molecular complexity index is 1190. The van der Waals surface area contributed by atoms with Crippen LogP contribution < -0.4 is 20.1 Å². The molecule has 0 bridgehead atoms. The van der Waals surface area contributed by atoms with Crippen LogP contribution in [0.2, 0.25) is 0 Å². The maximum absolute atomic E-state index is 13.4. The summed E-state index contributed by atoms with van der Waals surface area (Å²) in [6.45, 7) is 1.06. The first kappa shape index (κ1) is 27.1. The minimum absolute atomic E-state index is 0.0832. The van der Waals surface area contributed by atoms with E-state index in [2.05, 4.69) is 15.0 Å². The number of nitrogens with zero attached hydrogens (tertiary/aromatic N) is 2. The fraction of sp³-hybridized carbons (Fsp3) is 0.455. The molecule has 13 heteroatoms. The van der Waals surface area contributed by atoms with Crippen molar-refractivity contribution >= 4 is 37.5 Å². The van der Waals surface area contributed by atoms with Gasteiger partial charge in [0.1, 0.15) is 5.82 Å². The summed E-state index contributed by atoms with van der Waals surface area (Å²) in [5, 5.41) is 7.81. The second-order valence-electron chi connectivity index (χ2n) is 8.98. The van der Waals surface area contributed by atoms with Crippen molar-refractivity contribution in [2.75, 3.05) is 42.1 Å². The normalized spacial score (nSPS) is 15.9. The van der Waals surface area contributed by atoms with Gasteiger partial charge in [-0.3, -0.25) is 4.79 Å². The zero-order valence-electron chi connectivity index (χ0n) is 19.7. The molecule has 1 aliphatic heterocycles. The first-order valence-corrected chi connectivity index (χ1v) is 15.2. The van der Waals surface area contributed by atoms with Crippen LogP contribution in [-0.4, -0.2) is 57.5 Å². The molecule has 3 N–H and O–H groups in total. The number of primary sulfonamides is 1. The lowest BCUT2D eigenvalue weighted by atomic mass is 10.2. The van der Waals surface area contributed by atoms with Gasteiger partial charge in [0.25, 0.3) is 5.91 Å². The van der Waals surface area contributed by atoms with Crippen LogP contribution in [0, 0.1) is 0 Å². The SMILES string of the molecule is CS(C)(C)c1cc(C(=O)Nc2cccc(S(N)(=O)=O)c2)c(N2CCCCCC2)nc1OC(F)(F)F. The zero-order valence-corrected chi connectivity index (χ0v) is 21.3. The van der Waals surface area contributed by atoms with Crippen LogP contribution >= 0.6 is 10.0 Å². The number of ether oxygens (including phenoxy) is 1. The topological polar surface area (TPSA) is 115 Å². The fourth-order valence-corrected chi connectivity index (χ4v) is 5.37. The molecule has 0 radical (unpaired) electrons. The van der Waals surface area contributed by atoms with Crippen molar-refractivity contribution in [2.45, 2.75) is 41.8 Å². The van der Waals surface area contributed by atoms with Gasteiger partial charge in [0.05, 0.1) is 15.4 Å². The predicted molar refractivity (Wildman–Crippen MR) is 131 cm³/mol. The molecular formula is C22H29F3N4O4S2. The van der Waals surface area contributed by atoms with Crippen LogP contribution in [0.25, 0.3) is 0 Å². The average molecular weight is 535 g/mol. The number of carbonyl (C=O) groups is 1. The monoisotopic (exact) mass is 534 g/mol. The number of pyridine rings is 1. The van der Waals surface area contributed by atoms with Crippen LogP contribution in [0.3, 0.4) is 0 Å². The lowest BCUT2D eigenvalue weighted by Gasteiger charge is -2.31. The molecule has 0 unspecified atom stereocenters. The number of aromatic nitrogens is 1. The molecule has 3 rings (SSSR count). The van der Waals surface area contributed by atoms with Gasteiger partial charge in [-0.15, -0.1) is 13.2 Å². The van der Waals surface area contributed by atoms with Crippen molar-refractivity contribution < 1.29 is 31.1 Å². The van der Waals surface area contributed by atoms with E-state index in [4.69, 9.17) is 5.14 Å². The van der Waals surface area contributed by atoms with Gasteiger partial charge in [-0.05, 0) is 55.9 Å². The molecule has 2 heterocycles. The summed E-state index contributed by atoms with van der Waals surface area (Å²) in [6.07, 6.45) is 3.92. The van der Waals surface area contributed by atoms with Crippen LogP contribution in [0.15, 0.2) is 40.1 Å². The molecule has 0 spiro atoms. The number of hydrogen-bond donors (Lipinski definition) is 2. The first-order chi connectivity index (χ1) is 16.1. The highest BCUT2D eigenvalue weighted by molar-refractivity contribution is 8.32.